The second-order valence-electron chi connectivity index (χ2n) is 15.0. The molecule has 274 valence electrons. The molecule has 7 rings (SSSR count). The van der Waals surface area contributed by atoms with Crippen LogP contribution in [0.4, 0.5) is 11.4 Å². The molecule has 52 heavy (non-hydrogen) atoms. The highest BCUT2D eigenvalue weighted by Gasteiger charge is 2.66. The Hall–Kier alpha value is -3.72. The van der Waals surface area contributed by atoms with Crippen molar-refractivity contribution in [2.75, 3.05) is 29.9 Å². The Labute approximate surface area is 314 Å². The third-order valence-electron chi connectivity index (χ3n) is 11.1. The van der Waals surface area contributed by atoms with E-state index in [-0.39, 0.29) is 41.7 Å². The molecule has 3 aliphatic rings. The molecule has 2 unspecified atom stereocenters. The van der Waals surface area contributed by atoms with Crippen molar-refractivity contribution < 1.29 is 24.2 Å². The van der Waals surface area contributed by atoms with Gasteiger partial charge in [-0.05, 0) is 80.4 Å². The maximum absolute atomic E-state index is 14.8. The third-order valence-corrected chi connectivity index (χ3v) is 14.1. The van der Waals surface area contributed by atoms with Gasteiger partial charge >= 0.3 is 0 Å². The Morgan fingerprint density at radius 1 is 1.15 bits per heavy atom. The summed E-state index contributed by atoms with van der Waals surface area (Å²) in [7, 11) is -2.86. The SMILES string of the molecule is C[C@@H]1[C@@H]([Si](C)(C)O)[C@H](CCn2cc(C(CO)c3ccccc3)nn2)O[C@@]12C(=O)N(Cc1ccc(NC(=O)C3CCCNC3)cc1)c1ccc(Br)cc12. The summed E-state index contributed by atoms with van der Waals surface area (Å²) in [6.45, 7) is 8.24. The van der Waals surface area contributed by atoms with Gasteiger partial charge in [-0.3, -0.25) is 14.3 Å². The minimum absolute atomic E-state index is 0.0220. The predicted octanol–water partition coefficient (Wildman–Crippen LogP) is 5.54. The molecule has 0 saturated carbocycles. The van der Waals surface area contributed by atoms with E-state index in [2.05, 4.69) is 36.9 Å². The molecule has 4 N–H and O–H groups in total. The lowest BCUT2D eigenvalue weighted by Gasteiger charge is -2.32. The topological polar surface area (TPSA) is 142 Å². The molecule has 1 aromatic heterocycles. The number of hydrogen-bond acceptors (Lipinski definition) is 8. The molecule has 0 radical (unpaired) electrons. The van der Waals surface area contributed by atoms with Gasteiger partial charge in [0.1, 0.15) is 0 Å². The number of aryl methyl sites for hydroxylation is 1. The molecule has 13 heteroatoms. The Kier molecular flexibility index (Phi) is 10.5. The fraction of sp³-hybridized carbons (Fsp3) is 0.436. The Bertz CT molecular complexity index is 1900. The number of amides is 2. The van der Waals surface area contributed by atoms with E-state index in [1.54, 1.807) is 9.58 Å². The molecular weight excluding hydrogens is 740 g/mol. The molecule has 4 aromatic rings. The summed E-state index contributed by atoms with van der Waals surface area (Å²) >= 11 is 3.65. The number of carbonyl (C=O) groups is 2. The van der Waals surface area contributed by atoms with Crippen LogP contribution in [0.3, 0.4) is 0 Å². The van der Waals surface area contributed by atoms with Crippen molar-refractivity contribution >= 4 is 47.4 Å². The molecule has 2 amide bonds. The van der Waals surface area contributed by atoms with E-state index in [1.807, 2.05) is 99.0 Å². The zero-order valence-corrected chi connectivity index (χ0v) is 32.4. The number of carbonyl (C=O) groups excluding carboxylic acids is 2. The van der Waals surface area contributed by atoms with Crippen LogP contribution in [0, 0.1) is 11.8 Å². The van der Waals surface area contributed by atoms with Crippen LogP contribution in [0.5, 0.6) is 0 Å². The number of anilines is 2. The zero-order chi connectivity index (χ0) is 36.6. The average Bonchev–Trinajstić information content (AvgIpc) is 3.79. The quantitative estimate of drug-likeness (QED) is 0.145. The lowest BCUT2D eigenvalue weighted by Crippen LogP contribution is -2.46. The van der Waals surface area contributed by atoms with E-state index < -0.39 is 20.0 Å². The van der Waals surface area contributed by atoms with Crippen molar-refractivity contribution in [1.82, 2.24) is 20.3 Å². The van der Waals surface area contributed by atoms with Crippen LogP contribution in [0.25, 0.3) is 0 Å². The number of benzene rings is 3. The minimum atomic E-state index is -2.86. The van der Waals surface area contributed by atoms with E-state index >= 15 is 0 Å². The van der Waals surface area contributed by atoms with E-state index in [0.717, 1.165) is 51.9 Å². The van der Waals surface area contributed by atoms with Gasteiger partial charge in [-0.2, -0.15) is 0 Å². The van der Waals surface area contributed by atoms with Crippen molar-refractivity contribution in [2.45, 2.75) is 75.5 Å². The summed E-state index contributed by atoms with van der Waals surface area (Å²) in [6, 6.07) is 23.3. The first-order valence-corrected chi connectivity index (χ1v) is 22.0. The third kappa shape index (κ3) is 7.02. The van der Waals surface area contributed by atoms with Gasteiger partial charge in [0.25, 0.3) is 5.91 Å². The molecule has 6 atom stereocenters. The Morgan fingerprint density at radius 3 is 2.62 bits per heavy atom. The fourth-order valence-corrected chi connectivity index (χ4v) is 11.5. The van der Waals surface area contributed by atoms with Crippen LogP contribution >= 0.6 is 15.9 Å². The Morgan fingerprint density at radius 2 is 1.92 bits per heavy atom. The van der Waals surface area contributed by atoms with E-state index in [1.165, 1.54) is 0 Å². The summed E-state index contributed by atoms with van der Waals surface area (Å²) < 4.78 is 9.62. The van der Waals surface area contributed by atoms with Gasteiger partial charge in [0.2, 0.25) is 5.91 Å². The van der Waals surface area contributed by atoms with Gasteiger partial charge in [-0.15, -0.1) is 5.10 Å². The van der Waals surface area contributed by atoms with Gasteiger partial charge in [0.15, 0.2) is 13.9 Å². The fourth-order valence-electron chi connectivity index (χ4n) is 8.57. The molecule has 4 heterocycles. The van der Waals surface area contributed by atoms with E-state index in [9.17, 15) is 19.5 Å². The normalized spacial score (nSPS) is 25.0. The van der Waals surface area contributed by atoms with Crippen LogP contribution in [0.15, 0.2) is 83.5 Å². The van der Waals surface area contributed by atoms with Gasteiger partial charge in [-0.1, -0.05) is 70.5 Å². The zero-order valence-electron chi connectivity index (χ0n) is 29.8. The average molecular weight is 788 g/mol. The second kappa shape index (κ2) is 15.0. The van der Waals surface area contributed by atoms with Crippen LogP contribution in [-0.4, -0.2) is 70.8 Å². The number of rotatable bonds is 11. The van der Waals surface area contributed by atoms with Crippen LogP contribution in [0.1, 0.15) is 54.5 Å². The summed E-state index contributed by atoms with van der Waals surface area (Å²) in [5, 5.41) is 25.3. The van der Waals surface area contributed by atoms with Crippen molar-refractivity contribution in [2.24, 2.45) is 11.8 Å². The minimum Gasteiger partial charge on any atom is -0.432 e. The van der Waals surface area contributed by atoms with Crippen molar-refractivity contribution in [3.8, 4) is 0 Å². The molecule has 0 bridgehead atoms. The number of aliphatic hydroxyl groups excluding tert-OH is 1. The standard InChI is InChI=1S/C39H47BrN6O5Si/c1-25-36(52(2,3)50)35(17-19-45-23-33(43-44-45)31(24-47)27-8-5-4-6-9-27)51-39(25)32-20-29(40)13-16-34(32)46(38(39)49)22-26-11-14-30(15-12-26)42-37(48)28-10-7-18-41-21-28/h4-6,8-9,11-16,20,23,25,28,31,35-36,41,47,50H,7,10,17-19,21-22,24H2,1-3H3,(H,42,48)/t25-,28?,31?,35+,36-,39+/m1/s1. The van der Waals surface area contributed by atoms with Crippen molar-refractivity contribution in [3.63, 3.8) is 0 Å². The number of aromatic nitrogens is 3. The van der Waals surface area contributed by atoms with Crippen LogP contribution in [0.2, 0.25) is 18.6 Å². The van der Waals surface area contributed by atoms with Gasteiger partial charge in [-0.25, -0.2) is 0 Å². The van der Waals surface area contributed by atoms with Crippen LogP contribution in [-0.2, 0) is 33.0 Å². The molecule has 2 fully saturated rings. The van der Waals surface area contributed by atoms with Crippen molar-refractivity contribution in [3.05, 3.63) is 106 Å². The number of fused-ring (bicyclic) bond motifs is 2. The lowest BCUT2D eigenvalue weighted by molar-refractivity contribution is -0.146. The number of aliphatic hydroxyl groups is 1. The van der Waals surface area contributed by atoms with Gasteiger partial charge in [0.05, 0.1) is 42.5 Å². The largest absolute Gasteiger partial charge is 0.432 e. The predicted molar refractivity (Wildman–Crippen MR) is 205 cm³/mol. The molecule has 0 aliphatic carbocycles. The van der Waals surface area contributed by atoms with Crippen molar-refractivity contribution in [1.29, 1.82) is 0 Å². The number of ether oxygens (including phenoxy) is 1. The molecule has 1 spiro atoms. The highest BCUT2D eigenvalue weighted by molar-refractivity contribution is 9.10. The Balaban J connectivity index is 1.11. The number of piperidine rings is 1. The first kappa shape index (κ1) is 36.6. The van der Waals surface area contributed by atoms with Gasteiger partial charge < -0.3 is 30.2 Å². The number of hydrogen-bond donors (Lipinski definition) is 4. The first-order valence-electron chi connectivity index (χ1n) is 18.2. The number of nitrogens with one attached hydrogen (secondary N) is 2. The highest BCUT2D eigenvalue weighted by Crippen LogP contribution is 2.60. The summed E-state index contributed by atoms with van der Waals surface area (Å²) in [6.07, 6.45) is 3.84. The van der Waals surface area contributed by atoms with E-state index in [0.29, 0.717) is 31.7 Å². The summed E-state index contributed by atoms with van der Waals surface area (Å²) in [5.41, 5.74) is 3.37. The monoisotopic (exact) mass is 786 g/mol. The lowest BCUT2D eigenvalue weighted by atomic mass is 9.82. The molecule has 3 aliphatic heterocycles. The summed E-state index contributed by atoms with van der Waals surface area (Å²) in [5.74, 6) is -0.748. The van der Waals surface area contributed by atoms with Gasteiger partial charge in [0, 0.05) is 46.5 Å². The number of halogens is 1. The smallest absolute Gasteiger partial charge is 0.264 e. The highest BCUT2D eigenvalue weighted by atomic mass is 79.9. The molecule has 3 aromatic carbocycles. The van der Waals surface area contributed by atoms with Crippen LogP contribution < -0.4 is 15.5 Å². The maximum Gasteiger partial charge on any atom is 0.264 e. The number of nitrogens with zero attached hydrogens (tertiary/aromatic N) is 4. The second-order valence-corrected chi connectivity index (χ2v) is 19.9. The summed E-state index contributed by atoms with van der Waals surface area (Å²) in [4.78, 5) is 41.2. The first-order chi connectivity index (χ1) is 25.0. The molecule has 2 saturated heterocycles. The molecule has 11 nitrogen and oxygen atoms in total. The molecular formula is C39H47BrN6O5Si. The maximum atomic E-state index is 14.8. The van der Waals surface area contributed by atoms with E-state index in [4.69, 9.17) is 4.74 Å².